The van der Waals surface area contributed by atoms with E-state index in [0.717, 1.165) is 4.31 Å². The molecule has 0 radical (unpaired) electrons. The van der Waals surface area contributed by atoms with E-state index in [9.17, 15) is 18.3 Å². The van der Waals surface area contributed by atoms with Crippen molar-refractivity contribution in [1.29, 1.82) is 0 Å². The molecule has 0 fully saturated rings. The van der Waals surface area contributed by atoms with Gasteiger partial charge in [0.25, 0.3) is 0 Å². The lowest BCUT2D eigenvalue weighted by Crippen LogP contribution is -2.51. The zero-order valence-corrected chi connectivity index (χ0v) is 9.78. The van der Waals surface area contributed by atoms with E-state index in [4.69, 9.17) is 0 Å². The van der Waals surface area contributed by atoms with E-state index in [2.05, 4.69) is 0 Å². The highest BCUT2D eigenvalue weighted by Gasteiger charge is 2.40. The van der Waals surface area contributed by atoms with Crippen LogP contribution in [0.1, 0.15) is 20.8 Å². The molecule has 1 rings (SSSR count). The summed E-state index contributed by atoms with van der Waals surface area (Å²) in [4.78, 5) is 11.1. The number of hydrogen-bond acceptors (Lipinski definition) is 4. The van der Waals surface area contributed by atoms with Crippen molar-refractivity contribution in [2.45, 2.75) is 31.7 Å². The number of nitrogens with zero attached hydrogens (tertiary/aromatic N) is 1. The molecule has 6 heteroatoms. The van der Waals surface area contributed by atoms with Gasteiger partial charge in [-0.05, 0) is 32.9 Å². The molecule has 1 aliphatic rings. The Morgan fingerprint density at radius 2 is 2.00 bits per heavy atom. The molecule has 5 nitrogen and oxygen atoms in total. The lowest BCUT2D eigenvalue weighted by atomic mass is 10.2. The molecule has 86 valence electrons. The van der Waals surface area contributed by atoms with Gasteiger partial charge in [0.15, 0.2) is 5.78 Å². The molecule has 0 saturated carbocycles. The van der Waals surface area contributed by atoms with E-state index < -0.39 is 21.0 Å². The zero-order chi connectivity index (χ0) is 11.9. The van der Waals surface area contributed by atoms with E-state index >= 15 is 0 Å². The molecule has 0 aromatic rings. The fraction of sp³-hybridized carbons (Fsp3) is 0.667. The first-order valence-electron chi connectivity index (χ1n) is 4.57. The van der Waals surface area contributed by atoms with Crippen LogP contribution in [0.25, 0.3) is 0 Å². The standard InChI is InChI=1S/C9H15NO4S/c1-9(2,3)15(13,14)10-6-7(11)4-5-8(10)12/h4-5,8,12H,6H2,1-3H3. The molecule has 1 unspecified atom stereocenters. The second kappa shape index (κ2) is 3.70. The maximum atomic E-state index is 11.9. The van der Waals surface area contributed by atoms with Crippen molar-refractivity contribution in [3.63, 3.8) is 0 Å². The van der Waals surface area contributed by atoms with E-state index in [1.165, 1.54) is 32.9 Å². The van der Waals surface area contributed by atoms with Gasteiger partial charge in [-0.3, -0.25) is 4.79 Å². The lowest BCUT2D eigenvalue weighted by molar-refractivity contribution is -0.116. The molecule has 0 saturated heterocycles. The fourth-order valence-electron chi connectivity index (χ4n) is 1.17. The number of carbonyl (C=O) groups is 1. The van der Waals surface area contributed by atoms with E-state index in [1.54, 1.807) is 0 Å². The third-order valence-corrected chi connectivity index (χ3v) is 4.65. The van der Waals surface area contributed by atoms with Crippen LogP contribution in [0, 0.1) is 0 Å². The number of aliphatic hydroxyl groups excluding tert-OH is 1. The Hall–Kier alpha value is -0.720. The number of rotatable bonds is 1. The van der Waals surface area contributed by atoms with Gasteiger partial charge < -0.3 is 5.11 Å². The van der Waals surface area contributed by atoms with Crippen molar-refractivity contribution in [1.82, 2.24) is 4.31 Å². The number of carbonyl (C=O) groups excluding carboxylic acids is 1. The van der Waals surface area contributed by atoms with Gasteiger partial charge in [-0.25, -0.2) is 8.42 Å². The third-order valence-electron chi connectivity index (χ3n) is 2.14. The van der Waals surface area contributed by atoms with Crippen LogP contribution in [-0.4, -0.2) is 41.1 Å². The Morgan fingerprint density at radius 3 is 2.47 bits per heavy atom. The minimum atomic E-state index is -3.67. The van der Waals surface area contributed by atoms with E-state index in [1.807, 2.05) is 0 Å². The molecule has 0 bridgehead atoms. The predicted molar refractivity (Wildman–Crippen MR) is 55.5 cm³/mol. The monoisotopic (exact) mass is 233 g/mol. The van der Waals surface area contributed by atoms with Crippen LogP contribution < -0.4 is 0 Å². The molecule has 1 N–H and O–H groups in total. The number of aliphatic hydroxyl groups is 1. The topological polar surface area (TPSA) is 74.7 Å². The quantitative estimate of drug-likeness (QED) is 0.685. The smallest absolute Gasteiger partial charge is 0.221 e. The summed E-state index contributed by atoms with van der Waals surface area (Å²) in [5.41, 5.74) is 0. The van der Waals surface area contributed by atoms with E-state index in [-0.39, 0.29) is 12.3 Å². The van der Waals surface area contributed by atoms with E-state index in [0.29, 0.717) is 0 Å². The number of ketones is 1. The molecule has 0 aliphatic carbocycles. The summed E-state index contributed by atoms with van der Waals surface area (Å²) < 4.78 is 23.7. The second-order valence-electron chi connectivity index (χ2n) is 4.40. The van der Waals surface area contributed by atoms with Crippen molar-refractivity contribution in [3.8, 4) is 0 Å². The van der Waals surface area contributed by atoms with Crippen molar-refractivity contribution in [2.24, 2.45) is 0 Å². The van der Waals surface area contributed by atoms with Crippen LogP contribution >= 0.6 is 0 Å². The van der Waals surface area contributed by atoms with Crippen LogP contribution in [0.15, 0.2) is 12.2 Å². The van der Waals surface area contributed by atoms with Crippen LogP contribution in [0.5, 0.6) is 0 Å². The maximum Gasteiger partial charge on any atom is 0.221 e. The van der Waals surface area contributed by atoms with Crippen molar-refractivity contribution < 1.29 is 18.3 Å². The zero-order valence-electron chi connectivity index (χ0n) is 8.97. The van der Waals surface area contributed by atoms with Crippen LogP contribution in [0.3, 0.4) is 0 Å². The van der Waals surface area contributed by atoms with Crippen molar-refractivity contribution in [2.75, 3.05) is 6.54 Å². The first kappa shape index (κ1) is 12.4. The highest BCUT2D eigenvalue weighted by Crippen LogP contribution is 2.23. The van der Waals surface area contributed by atoms with Gasteiger partial charge in [-0.15, -0.1) is 0 Å². The summed E-state index contributed by atoms with van der Waals surface area (Å²) in [6.07, 6.45) is 1.13. The minimum Gasteiger partial charge on any atom is -0.374 e. The molecule has 1 aliphatic heterocycles. The molecule has 1 heterocycles. The molecule has 1 atom stereocenters. The van der Waals surface area contributed by atoms with Gasteiger partial charge >= 0.3 is 0 Å². The average molecular weight is 233 g/mol. The van der Waals surface area contributed by atoms with Gasteiger partial charge in [0.05, 0.1) is 11.3 Å². The highest BCUT2D eigenvalue weighted by molar-refractivity contribution is 7.90. The Morgan fingerprint density at radius 1 is 1.47 bits per heavy atom. The molecular weight excluding hydrogens is 218 g/mol. The Labute approximate surface area is 89.4 Å². The molecule has 0 spiro atoms. The van der Waals surface area contributed by atoms with Crippen LogP contribution in [0.4, 0.5) is 0 Å². The summed E-state index contributed by atoms with van der Waals surface area (Å²) in [6.45, 7) is 4.28. The first-order chi connectivity index (χ1) is 6.66. The Balaban J connectivity index is 3.09. The van der Waals surface area contributed by atoms with Crippen LogP contribution in [0.2, 0.25) is 0 Å². The lowest BCUT2D eigenvalue weighted by Gasteiger charge is -2.32. The van der Waals surface area contributed by atoms with Crippen LogP contribution in [-0.2, 0) is 14.8 Å². The van der Waals surface area contributed by atoms with Gasteiger partial charge in [-0.1, -0.05) is 0 Å². The van der Waals surface area contributed by atoms with Gasteiger partial charge in [0, 0.05) is 0 Å². The van der Waals surface area contributed by atoms with Crippen molar-refractivity contribution >= 4 is 15.8 Å². The molecule has 0 amide bonds. The highest BCUT2D eigenvalue weighted by atomic mass is 32.2. The maximum absolute atomic E-state index is 11.9. The summed E-state index contributed by atoms with van der Waals surface area (Å²) >= 11 is 0. The summed E-state index contributed by atoms with van der Waals surface area (Å²) in [7, 11) is -3.67. The van der Waals surface area contributed by atoms with Gasteiger partial charge in [0.1, 0.15) is 6.23 Å². The largest absolute Gasteiger partial charge is 0.374 e. The van der Waals surface area contributed by atoms with Gasteiger partial charge in [-0.2, -0.15) is 4.31 Å². The van der Waals surface area contributed by atoms with Crippen molar-refractivity contribution in [3.05, 3.63) is 12.2 Å². The fourth-order valence-corrected chi connectivity index (χ4v) is 2.52. The summed E-state index contributed by atoms with van der Waals surface area (Å²) in [6, 6.07) is 0. The number of hydrogen-bond donors (Lipinski definition) is 1. The number of sulfonamides is 1. The molecule has 0 aromatic heterocycles. The molecule has 15 heavy (non-hydrogen) atoms. The summed E-state index contributed by atoms with van der Waals surface area (Å²) in [5.74, 6) is -0.326. The summed E-state index contributed by atoms with van der Waals surface area (Å²) in [5, 5.41) is 9.49. The minimum absolute atomic E-state index is 0.294. The molecular formula is C9H15NO4S. The SMILES string of the molecule is CC(C)(C)S(=O)(=O)N1CC(=O)C=CC1O. The predicted octanol–water partition coefficient (Wildman–Crippen LogP) is -0.126. The average Bonchev–Trinajstić information content (AvgIpc) is 2.07. The second-order valence-corrected chi connectivity index (χ2v) is 7.05. The Bertz CT molecular complexity index is 391. The first-order valence-corrected chi connectivity index (χ1v) is 6.01. The molecule has 0 aromatic carbocycles. The van der Waals surface area contributed by atoms with Gasteiger partial charge in [0.2, 0.25) is 10.0 Å². The Kier molecular flexibility index (Phi) is 3.04. The third kappa shape index (κ3) is 2.27. The normalized spacial score (nSPS) is 24.5.